The van der Waals surface area contributed by atoms with E-state index in [0.717, 1.165) is 23.6 Å². The van der Waals surface area contributed by atoms with Gasteiger partial charge in [-0.1, -0.05) is 6.92 Å². The molecule has 3 fully saturated rings. The predicted octanol–water partition coefficient (Wildman–Crippen LogP) is -2.27. The summed E-state index contributed by atoms with van der Waals surface area (Å²) in [5.41, 5.74) is 17.2. The Balaban J connectivity index is 0.871. The van der Waals surface area contributed by atoms with E-state index in [1.165, 1.54) is 46.7 Å². The molecule has 470 valence electrons. The number of rotatable bonds is 25. The van der Waals surface area contributed by atoms with Crippen molar-refractivity contribution < 1.29 is 122 Å². The van der Waals surface area contributed by atoms with E-state index < -0.39 is 143 Å². The molecule has 0 aromatic carbocycles. The van der Waals surface area contributed by atoms with Crippen LogP contribution in [0.4, 0.5) is 17.7 Å². The SMILES string of the molecule is CCC1=C(N)c2ncn([C@@H]3O[C@H](COP(=O)(O)OP(=O)(O)OP(=O)(O)OP(=O)(O)OC[C@H]4O[C@@H](n5c[n+](C)c6c(=O)[nH]c(N)nc65)[C@H](O)[C@@H]4CCOC)[C@@H](OP(=O)([O-])OC[C@H]4O[C@@H](n5cnc6c(=O)[nH]c(N)nc65)[C@H](O)[C@@H]4O)[C@H]3OC)c2N=CC1. The minimum absolute atomic E-state index is 0.00666. The Morgan fingerprint density at radius 2 is 1.31 bits per heavy atom. The number of methoxy groups -OCH3 is 2. The molecule has 9 heterocycles. The molecule has 5 unspecified atom stereocenters. The van der Waals surface area contributed by atoms with Gasteiger partial charge in [-0.2, -0.15) is 27.5 Å². The maximum atomic E-state index is 13.7. The largest absolute Gasteiger partial charge is 0.756 e. The molecule has 0 aliphatic carbocycles. The zero-order chi connectivity index (χ0) is 61.9. The van der Waals surface area contributed by atoms with E-state index in [0.29, 0.717) is 12.8 Å². The second kappa shape index (κ2) is 24.9. The molecule has 0 spiro atoms. The Morgan fingerprint density at radius 3 is 1.95 bits per heavy atom. The lowest BCUT2D eigenvalue weighted by Crippen LogP contribution is -2.39. The number of ether oxygens (including phenoxy) is 5. The number of imidazole rings is 3. The molecular weight excluding hydrogens is 1250 g/mol. The highest BCUT2D eigenvalue weighted by Gasteiger charge is 2.54. The summed E-state index contributed by atoms with van der Waals surface area (Å²) in [5.74, 6) is -1.55. The number of anilines is 2. The summed E-state index contributed by atoms with van der Waals surface area (Å²) in [7, 11) is -26.7. The Morgan fingerprint density at radius 1 is 0.729 bits per heavy atom. The lowest BCUT2D eigenvalue weighted by Gasteiger charge is -2.31. The fourth-order valence-electron chi connectivity index (χ4n) is 9.78. The Labute approximate surface area is 475 Å². The summed E-state index contributed by atoms with van der Waals surface area (Å²) in [6, 6.07) is 0. The zero-order valence-corrected chi connectivity index (χ0v) is 48.9. The minimum atomic E-state index is -6.45. The monoisotopic (exact) mass is 1310 g/mol. The van der Waals surface area contributed by atoms with Crippen LogP contribution >= 0.6 is 39.1 Å². The zero-order valence-electron chi connectivity index (χ0n) is 44.5. The number of hydrogen-bond donors (Lipinski definition) is 12. The van der Waals surface area contributed by atoms with Crippen LogP contribution in [-0.2, 0) is 84.6 Å². The van der Waals surface area contributed by atoms with Crippen molar-refractivity contribution >= 4 is 91.1 Å². The van der Waals surface area contributed by atoms with Gasteiger partial charge >= 0.3 is 36.9 Å². The highest BCUT2D eigenvalue weighted by atomic mass is 31.3. The van der Waals surface area contributed by atoms with E-state index in [4.69, 9.17) is 59.0 Å². The number of aliphatic hydroxyl groups is 3. The van der Waals surface area contributed by atoms with Crippen LogP contribution in [-0.4, -0.2) is 174 Å². The molecule has 5 aromatic rings. The number of nitrogens with zero attached hydrogens (tertiary/aromatic N) is 9. The number of hydrogen-bond acceptors (Lipinski definition) is 31. The van der Waals surface area contributed by atoms with E-state index in [1.54, 1.807) is 0 Å². The number of nitrogens with two attached hydrogens (primary N) is 3. The summed E-state index contributed by atoms with van der Waals surface area (Å²) in [6.07, 6.45) is -12.2. The third-order valence-corrected chi connectivity index (χ3v) is 20.5. The van der Waals surface area contributed by atoms with Crippen LogP contribution in [0.5, 0.6) is 0 Å². The third-order valence-electron chi connectivity index (χ3n) is 13.6. The first-order valence-electron chi connectivity index (χ1n) is 24.8. The Hall–Kier alpha value is -4.93. The highest BCUT2D eigenvalue weighted by Crippen LogP contribution is 2.71. The van der Waals surface area contributed by atoms with Crippen LogP contribution in [0, 0.1) is 5.92 Å². The quantitative estimate of drug-likeness (QED) is 0.0216. The second-order valence-electron chi connectivity index (χ2n) is 19.1. The predicted molar refractivity (Wildman–Crippen MR) is 278 cm³/mol. The van der Waals surface area contributed by atoms with Gasteiger partial charge in [-0.15, -0.1) is 0 Å². The standard InChI is InChI=1S/C39H57N14O27P5/c1-5-16-6-8-43-30-22(21(16)40)44-13-51(30)37-29(70-4)28(77-81(59,60)71-11-19-26(55)27(56)36(75-19)52-14-45-23-31(52)46-38(41)48-33(23)57)20(76-37)12-73-83(63,64)79-85(67,68)80-84(65,66)78-82(61,62)72-10-18-17(7-9-69-3)25(54)35(74-18)53-15-50(2)24-32(53)47-39(42)49-34(24)58/h8,13-15,17-20,25-29,35-37,54-56H,5-7,9-12,40H2,1-4H3,(H10-,41,42,46,47,48,49,57,58,59,60,61,62,63,64,65,66,67,68)/t17-,18-,19-,20-,25-,26-,27-,28-,29-,35-,36-,37-/m1/s1. The maximum absolute atomic E-state index is 13.7. The van der Waals surface area contributed by atoms with Crippen molar-refractivity contribution in [2.24, 2.45) is 23.7 Å². The molecule has 0 saturated carbocycles. The van der Waals surface area contributed by atoms with Crippen LogP contribution in [0.15, 0.2) is 39.1 Å². The van der Waals surface area contributed by atoms with Crippen molar-refractivity contribution in [3.8, 4) is 0 Å². The molecule has 17 atom stereocenters. The average molecular weight is 1310 g/mol. The van der Waals surface area contributed by atoms with Crippen LogP contribution in [0.1, 0.15) is 50.6 Å². The molecule has 4 aliphatic heterocycles. The van der Waals surface area contributed by atoms with Gasteiger partial charge in [0, 0.05) is 39.4 Å². The maximum Gasteiger partial charge on any atom is 0.490 e. The molecule has 0 bridgehead atoms. The van der Waals surface area contributed by atoms with Crippen molar-refractivity contribution in [2.45, 2.75) is 93.7 Å². The first-order chi connectivity index (χ1) is 39.9. The molecule has 9 rings (SSSR count). The smallest absolute Gasteiger partial charge is 0.490 e. The number of aryl methyl sites for hydroxylation is 1. The summed E-state index contributed by atoms with van der Waals surface area (Å²) in [6.45, 7) is -1.59. The number of aliphatic hydroxyl groups excluding tert-OH is 3. The van der Waals surface area contributed by atoms with E-state index in [-0.39, 0.29) is 64.5 Å². The van der Waals surface area contributed by atoms with Crippen molar-refractivity contribution in [2.75, 3.05) is 52.1 Å². The fraction of sp³-hybridized carbons (Fsp3) is 0.590. The van der Waals surface area contributed by atoms with Gasteiger partial charge in [0.05, 0.1) is 51.3 Å². The van der Waals surface area contributed by atoms with E-state index in [1.807, 2.05) is 6.92 Å². The van der Waals surface area contributed by atoms with Gasteiger partial charge in [-0.25, -0.2) is 37.8 Å². The lowest BCUT2D eigenvalue weighted by atomic mass is 9.95. The topological polar surface area (TPSA) is 587 Å². The van der Waals surface area contributed by atoms with Gasteiger partial charge in [-0.05, 0) is 18.4 Å². The molecule has 0 amide bonds. The number of H-pyrrole nitrogens is 2. The van der Waals surface area contributed by atoms with E-state index >= 15 is 0 Å². The van der Waals surface area contributed by atoms with Crippen LogP contribution in [0.2, 0.25) is 0 Å². The Kier molecular flexibility index (Phi) is 18.9. The molecule has 3 saturated heterocycles. The van der Waals surface area contributed by atoms with Crippen LogP contribution in [0.3, 0.4) is 0 Å². The van der Waals surface area contributed by atoms with Crippen molar-refractivity contribution in [1.82, 2.24) is 43.6 Å². The third kappa shape index (κ3) is 13.9. The van der Waals surface area contributed by atoms with Gasteiger partial charge in [0.15, 0.2) is 29.4 Å². The molecule has 4 aliphatic rings. The van der Waals surface area contributed by atoms with Crippen LogP contribution in [0.25, 0.3) is 28.0 Å². The van der Waals surface area contributed by atoms with Gasteiger partial charge in [0.25, 0.3) is 24.5 Å². The number of allylic oxidation sites excluding steroid dienone is 1. The lowest BCUT2D eigenvalue weighted by molar-refractivity contribution is -0.646. The number of fused-ring (bicyclic) bond motifs is 3. The van der Waals surface area contributed by atoms with Gasteiger partial charge in [0.2, 0.25) is 24.5 Å². The number of aromatic amines is 2. The molecule has 5 aromatic heterocycles. The summed E-state index contributed by atoms with van der Waals surface area (Å²) in [4.78, 5) is 106. The summed E-state index contributed by atoms with van der Waals surface area (Å²) < 4.78 is 132. The van der Waals surface area contributed by atoms with Crippen LogP contribution < -0.4 is 37.8 Å². The van der Waals surface area contributed by atoms with Crippen molar-refractivity contribution in [3.63, 3.8) is 0 Å². The normalized spacial score (nSPS) is 29.8. The number of nitrogens with one attached hydrogen (secondary N) is 2. The number of phosphoric acid groups is 5. The molecular formula is C39H57N14O27P5. The molecule has 15 N–H and O–H groups in total. The first kappa shape index (κ1) is 64.5. The number of nitrogen functional groups attached to an aromatic ring is 2. The number of aromatic nitrogens is 10. The molecule has 46 heteroatoms. The van der Waals surface area contributed by atoms with Crippen molar-refractivity contribution in [1.29, 1.82) is 0 Å². The van der Waals surface area contributed by atoms with E-state index in [2.05, 4.69) is 47.8 Å². The van der Waals surface area contributed by atoms with Gasteiger partial charge < -0.3 is 89.7 Å². The van der Waals surface area contributed by atoms with Crippen molar-refractivity contribution in [3.05, 3.63) is 51.0 Å². The highest BCUT2D eigenvalue weighted by molar-refractivity contribution is 7.69. The summed E-state index contributed by atoms with van der Waals surface area (Å²) >= 11 is 0. The number of phosphoric ester groups is 3. The van der Waals surface area contributed by atoms with Gasteiger partial charge in [-0.3, -0.25) is 42.3 Å². The first-order valence-corrected chi connectivity index (χ1v) is 32.3. The molecule has 0 radical (unpaired) electrons. The average Bonchev–Trinajstić information content (AvgIpc) is 2.26. The fourth-order valence-corrected chi connectivity index (χ4v) is 15.7. The minimum Gasteiger partial charge on any atom is -0.756 e. The Bertz CT molecular complexity index is 3760. The summed E-state index contributed by atoms with van der Waals surface area (Å²) in [5, 5.41) is 33.2. The van der Waals surface area contributed by atoms with Gasteiger partial charge in [0.1, 0.15) is 48.4 Å². The van der Waals surface area contributed by atoms with E-state index in [9.17, 15) is 72.2 Å². The molecule has 85 heavy (non-hydrogen) atoms. The number of aliphatic imine (C=N–C) groups is 1. The molecule has 41 nitrogen and oxygen atoms in total. The second-order valence-corrected chi connectivity index (χ2v) is 26.7.